The summed E-state index contributed by atoms with van der Waals surface area (Å²) in [5.41, 5.74) is 17.4. The van der Waals surface area contributed by atoms with Crippen molar-refractivity contribution in [3.63, 3.8) is 0 Å². The van der Waals surface area contributed by atoms with Crippen LogP contribution in [0.25, 0.3) is 11.1 Å². The molecule has 2 aromatic rings. The van der Waals surface area contributed by atoms with E-state index in [-0.39, 0.29) is 29.6 Å². The van der Waals surface area contributed by atoms with Crippen LogP contribution < -0.4 is 11.5 Å². The van der Waals surface area contributed by atoms with Crippen molar-refractivity contribution >= 4 is 40.9 Å². The van der Waals surface area contributed by atoms with Gasteiger partial charge in [0.1, 0.15) is 0 Å². The number of nitrogens with two attached hydrogens (primary N) is 2. The van der Waals surface area contributed by atoms with E-state index in [1.54, 1.807) is 0 Å². The maximum Gasteiger partial charge on any atom is 0.0317 e. The molecule has 1 radical (unpaired) electrons. The molecule has 2 rings (SSSR count). The van der Waals surface area contributed by atoms with Gasteiger partial charge in [-0.15, -0.1) is 0 Å². The van der Waals surface area contributed by atoms with Gasteiger partial charge in [-0.3, -0.25) is 0 Å². The van der Waals surface area contributed by atoms with Crippen LogP contribution in [0.15, 0.2) is 42.5 Å². The van der Waals surface area contributed by atoms with Gasteiger partial charge in [0, 0.05) is 40.9 Å². The van der Waals surface area contributed by atoms with Crippen molar-refractivity contribution in [2.45, 2.75) is 77.6 Å². The van der Waals surface area contributed by atoms with Crippen LogP contribution >= 0.6 is 0 Å². The van der Waals surface area contributed by atoms with Crippen LogP contribution in [-0.4, -0.2) is 29.6 Å². The first kappa shape index (κ1) is 24.1. The molecule has 0 atom stereocenters. The number of unbranched alkanes of at least 4 members (excludes halogenated alkanes) is 9. The summed E-state index contributed by atoms with van der Waals surface area (Å²) in [6.07, 6.45) is 14.8. The normalized spacial score (nSPS) is 10.6. The fourth-order valence-corrected chi connectivity index (χ4v) is 3.57. The monoisotopic (exact) mass is 375 g/mol. The molecule has 4 N–H and O–H groups in total. The molecular weight excluding hydrogens is 339 g/mol. The van der Waals surface area contributed by atoms with E-state index in [1.165, 1.54) is 80.9 Å². The second-order valence-corrected chi connectivity index (χ2v) is 7.47. The van der Waals surface area contributed by atoms with Gasteiger partial charge >= 0.3 is 0 Å². The Morgan fingerprint density at radius 2 is 1.15 bits per heavy atom. The fourth-order valence-electron chi connectivity index (χ4n) is 3.57. The zero-order valence-electron chi connectivity index (χ0n) is 17.5. The zero-order valence-corrected chi connectivity index (χ0v) is 19.5. The molecule has 0 saturated heterocycles. The molecule has 0 aromatic heterocycles. The average Bonchev–Trinajstić information content (AvgIpc) is 2.64. The number of hydrogen-bond acceptors (Lipinski definition) is 2. The predicted molar refractivity (Wildman–Crippen MR) is 122 cm³/mol. The third-order valence-corrected chi connectivity index (χ3v) is 5.15. The summed E-state index contributed by atoms with van der Waals surface area (Å²) < 4.78 is 0. The van der Waals surface area contributed by atoms with Gasteiger partial charge in [0.2, 0.25) is 0 Å². The van der Waals surface area contributed by atoms with E-state index in [1.807, 2.05) is 18.2 Å². The van der Waals surface area contributed by atoms with Crippen LogP contribution in [-0.2, 0) is 6.42 Å². The standard InChI is InChI=1S/C24H36N2.Na/c1-2-3-4-5-6-7-8-9-10-11-12-21-19-23(26)17-18-24(21)20-13-15-22(25)16-14-20;/h13-19H,2-12,25-26H2,1H3;. The zero-order chi connectivity index (χ0) is 18.6. The van der Waals surface area contributed by atoms with E-state index < -0.39 is 0 Å². The van der Waals surface area contributed by atoms with E-state index in [9.17, 15) is 0 Å². The molecule has 0 aliphatic carbocycles. The first-order valence-electron chi connectivity index (χ1n) is 10.4. The van der Waals surface area contributed by atoms with Crippen molar-refractivity contribution in [3.8, 4) is 11.1 Å². The predicted octanol–water partition coefficient (Wildman–Crippen LogP) is 6.60. The molecule has 0 heterocycles. The van der Waals surface area contributed by atoms with Gasteiger partial charge in [0.15, 0.2) is 0 Å². The molecule has 0 saturated carbocycles. The van der Waals surface area contributed by atoms with Crippen molar-refractivity contribution in [1.82, 2.24) is 0 Å². The van der Waals surface area contributed by atoms with E-state index in [4.69, 9.17) is 11.5 Å². The Hall–Kier alpha value is -0.960. The topological polar surface area (TPSA) is 52.0 Å². The minimum Gasteiger partial charge on any atom is -0.399 e. The summed E-state index contributed by atoms with van der Waals surface area (Å²) in [4.78, 5) is 0. The van der Waals surface area contributed by atoms with E-state index in [0.29, 0.717) is 0 Å². The van der Waals surface area contributed by atoms with Crippen molar-refractivity contribution in [2.24, 2.45) is 0 Å². The van der Waals surface area contributed by atoms with Crippen LogP contribution in [0.2, 0.25) is 0 Å². The number of nitrogen functional groups attached to an aromatic ring is 2. The largest absolute Gasteiger partial charge is 0.399 e. The average molecular weight is 376 g/mol. The van der Waals surface area contributed by atoms with Gasteiger partial charge < -0.3 is 11.5 Å². The maximum atomic E-state index is 6.03. The first-order valence-corrected chi connectivity index (χ1v) is 10.4. The fraction of sp³-hybridized carbons (Fsp3) is 0.500. The SMILES string of the molecule is CCCCCCCCCCCCc1cc(N)ccc1-c1ccc(N)cc1.[Na]. The molecule has 0 bridgehead atoms. The summed E-state index contributed by atoms with van der Waals surface area (Å²) in [6.45, 7) is 2.28. The second-order valence-electron chi connectivity index (χ2n) is 7.47. The third kappa shape index (κ3) is 9.19. The Kier molecular flexibility index (Phi) is 12.6. The Morgan fingerprint density at radius 1 is 0.630 bits per heavy atom. The minimum absolute atomic E-state index is 0. The smallest absolute Gasteiger partial charge is 0.0317 e. The van der Waals surface area contributed by atoms with Crippen molar-refractivity contribution in [2.75, 3.05) is 11.5 Å². The first-order chi connectivity index (χ1) is 12.7. The quantitative estimate of drug-likeness (QED) is 0.249. The Morgan fingerprint density at radius 3 is 1.74 bits per heavy atom. The molecule has 143 valence electrons. The van der Waals surface area contributed by atoms with Crippen LogP contribution in [0.5, 0.6) is 0 Å². The molecule has 2 aromatic carbocycles. The molecule has 0 aliphatic heterocycles. The van der Waals surface area contributed by atoms with Gasteiger partial charge in [-0.2, -0.15) is 0 Å². The Balaban J connectivity index is 0.00000364. The summed E-state index contributed by atoms with van der Waals surface area (Å²) in [5.74, 6) is 0. The van der Waals surface area contributed by atoms with Crippen LogP contribution in [0.4, 0.5) is 11.4 Å². The number of hydrogen-bond donors (Lipinski definition) is 2. The van der Waals surface area contributed by atoms with E-state index in [0.717, 1.165) is 17.8 Å². The molecule has 27 heavy (non-hydrogen) atoms. The number of benzene rings is 2. The molecule has 3 heteroatoms. The summed E-state index contributed by atoms with van der Waals surface area (Å²) in [6, 6.07) is 14.4. The molecule has 0 spiro atoms. The molecule has 0 amide bonds. The van der Waals surface area contributed by atoms with Crippen LogP contribution in [0.1, 0.15) is 76.7 Å². The van der Waals surface area contributed by atoms with E-state index in [2.05, 4.69) is 31.2 Å². The molecule has 0 fully saturated rings. The van der Waals surface area contributed by atoms with Gasteiger partial charge in [-0.1, -0.05) is 82.9 Å². The van der Waals surface area contributed by atoms with Crippen molar-refractivity contribution in [1.29, 1.82) is 0 Å². The van der Waals surface area contributed by atoms with Gasteiger partial charge in [-0.25, -0.2) is 0 Å². The second kappa shape index (κ2) is 14.1. The Labute approximate surface area is 188 Å². The Bertz CT molecular complexity index is 637. The van der Waals surface area contributed by atoms with Crippen LogP contribution in [0.3, 0.4) is 0 Å². The number of anilines is 2. The van der Waals surface area contributed by atoms with Gasteiger partial charge in [-0.05, 0) is 53.8 Å². The van der Waals surface area contributed by atoms with Gasteiger partial charge in [0.05, 0.1) is 0 Å². The maximum absolute atomic E-state index is 6.03. The van der Waals surface area contributed by atoms with Crippen molar-refractivity contribution in [3.05, 3.63) is 48.0 Å². The number of aryl methyl sites for hydroxylation is 1. The molecule has 0 aliphatic rings. The van der Waals surface area contributed by atoms with E-state index >= 15 is 0 Å². The molecular formula is C24H36N2Na. The van der Waals surface area contributed by atoms with Crippen molar-refractivity contribution < 1.29 is 0 Å². The summed E-state index contributed by atoms with van der Waals surface area (Å²) >= 11 is 0. The summed E-state index contributed by atoms with van der Waals surface area (Å²) in [7, 11) is 0. The summed E-state index contributed by atoms with van der Waals surface area (Å²) in [5, 5.41) is 0. The molecule has 0 unspecified atom stereocenters. The van der Waals surface area contributed by atoms with Gasteiger partial charge in [0.25, 0.3) is 0 Å². The third-order valence-electron chi connectivity index (χ3n) is 5.15. The molecule has 2 nitrogen and oxygen atoms in total. The number of rotatable bonds is 12. The minimum atomic E-state index is 0. The van der Waals surface area contributed by atoms with Crippen LogP contribution in [0, 0.1) is 0 Å².